The fourth-order valence-electron chi connectivity index (χ4n) is 2.30. The average Bonchev–Trinajstić information content (AvgIpc) is 2.53. The summed E-state index contributed by atoms with van der Waals surface area (Å²) in [5, 5.41) is 3.45. The molecule has 0 aliphatic heterocycles. The molecule has 3 nitrogen and oxygen atoms in total. The molecule has 22 heavy (non-hydrogen) atoms. The third kappa shape index (κ3) is 4.42. The summed E-state index contributed by atoms with van der Waals surface area (Å²) < 4.78 is 6.19. The molecular formula is C18H20BrNO2. The molecule has 0 heterocycles. The normalized spacial score (nSPS) is 12.0. The summed E-state index contributed by atoms with van der Waals surface area (Å²) in [5.74, 6) is -0.269. The molecule has 0 bridgehead atoms. The predicted octanol–water partition coefficient (Wildman–Crippen LogP) is 4.48. The highest BCUT2D eigenvalue weighted by molar-refractivity contribution is 9.10. The van der Waals surface area contributed by atoms with Gasteiger partial charge in [-0.1, -0.05) is 46.3 Å². The van der Waals surface area contributed by atoms with Crippen LogP contribution in [0.5, 0.6) is 0 Å². The number of benzene rings is 2. The molecule has 2 rings (SSSR count). The van der Waals surface area contributed by atoms with Crippen molar-refractivity contribution in [2.45, 2.75) is 26.4 Å². The van der Waals surface area contributed by atoms with Gasteiger partial charge in [0.25, 0.3) is 0 Å². The van der Waals surface area contributed by atoms with Crippen LogP contribution in [0.1, 0.15) is 41.4 Å². The number of ether oxygens (including phenoxy) is 1. The van der Waals surface area contributed by atoms with Crippen LogP contribution in [0.2, 0.25) is 0 Å². The van der Waals surface area contributed by atoms with E-state index in [2.05, 4.69) is 40.3 Å². The number of nitrogens with one attached hydrogen (secondary N) is 1. The van der Waals surface area contributed by atoms with Crippen molar-refractivity contribution in [3.8, 4) is 0 Å². The zero-order chi connectivity index (χ0) is 15.9. The SMILES string of the molecule is CCOC(=O)c1ccccc1C(C)NCc1cccc(Br)c1. The number of hydrogen-bond acceptors (Lipinski definition) is 3. The molecule has 0 aromatic heterocycles. The van der Waals surface area contributed by atoms with Crippen LogP contribution in [0, 0.1) is 0 Å². The number of rotatable bonds is 6. The number of esters is 1. The van der Waals surface area contributed by atoms with Gasteiger partial charge in [-0.25, -0.2) is 4.79 Å². The van der Waals surface area contributed by atoms with Crippen molar-refractivity contribution in [2.24, 2.45) is 0 Å². The lowest BCUT2D eigenvalue weighted by Crippen LogP contribution is -2.21. The second-order valence-corrected chi connectivity index (χ2v) is 5.96. The molecule has 4 heteroatoms. The largest absolute Gasteiger partial charge is 0.462 e. The van der Waals surface area contributed by atoms with Crippen molar-refractivity contribution in [1.29, 1.82) is 0 Å². The molecule has 2 aromatic carbocycles. The van der Waals surface area contributed by atoms with E-state index in [1.54, 1.807) is 0 Å². The van der Waals surface area contributed by atoms with E-state index in [1.807, 2.05) is 43.3 Å². The molecular weight excluding hydrogens is 342 g/mol. The van der Waals surface area contributed by atoms with Gasteiger partial charge in [-0.05, 0) is 43.2 Å². The highest BCUT2D eigenvalue weighted by atomic mass is 79.9. The van der Waals surface area contributed by atoms with Gasteiger partial charge in [-0.3, -0.25) is 0 Å². The number of hydrogen-bond donors (Lipinski definition) is 1. The molecule has 0 spiro atoms. The number of carbonyl (C=O) groups excluding carboxylic acids is 1. The highest BCUT2D eigenvalue weighted by Crippen LogP contribution is 2.20. The zero-order valence-electron chi connectivity index (χ0n) is 12.8. The topological polar surface area (TPSA) is 38.3 Å². The number of halogens is 1. The van der Waals surface area contributed by atoms with Gasteiger partial charge in [0.15, 0.2) is 0 Å². The van der Waals surface area contributed by atoms with Gasteiger partial charge in [0, 0.05) is 17.1 Å². The van der Waals surface area contributed by atoms with Crippen LogP contribution in [-0.4, -0.2) is 12.6 Å². The summed E-state index contributed by atoms with van der Waals surface area (Å²) in [6.07, 6.45) is 0. The minimum atomic E-state index is -0.269. The van der Waals surface area contributed by atoms with Gasteiger partial charge < -0.3 is 10.1 Å². The molecule has 1 atom stereocenters. The third-order valence-electron chi connectivity index (χ3n) is 3.42. The lowest BCUT2D eigenvalue weighted by atomic mass is 10.0. The van der Waals surface area contributed by atoms with Crippen molar-refractivity contribution in [3.05, 3.63) is 69.7 Å². The smallest absolute Gasteiger partial charge is 0.338 e. The Labute approximate surface area is 139 Å². The quantitative estimate of drug-likeness (QED) is 0.771. The lowest BCUT2D eigenvalue weighted by Gasteiger charge is -2.17. The van der Waals surface area contributed by atoms with E-state index in [4.69, 9.17) is 4.74 Å². The third-order valence-corrected chi connectivity index (χ3v) is 3.92. The average molecular weight is 362 g/mol. The maximum atomic E-state index is 12.0. The van der Waals surface area contributed by atoms with Gasteiger partial charge in [0.1, 0.15) is 0 Å². The van der Waals surface area contributed by atoms with Crippen LogP contribution >= 0.6 is 15.9 Å². The zero-order valence-corrected chi connectivity index (χ0v) is 14.4. The maximum absolute atomic E-state index is 12.0. The van der Waals surface area contributed by atoms with E-state index >= 15 is 0 Å². The first-order chi connectivity index (χ1) is 10.6. The summed E-state index contributed by atoms with van der Waals surface area (Å²) in [7, 11) is 0. The first kappa shape index (κ1) is 16.7. The van der Waals surface area contributed by atoms with Crippen LogP contribution < -0.4 is 5.32 Å². The van der Waals surface area contributed by atoms with E-state index in [-0.39, 0.29) is 12.0 Å². The lowest BCUT2D eigenvalue weighted by molar-refractivity contribution is 0.0524. The van der Waals surface area contributed by atoms with Crippen LogP contribution in [-0.2, 0) is 11.3 Å². The minimum Gasteiger partial charge on any atom is -0.462 e. The Kier molecular flexibility index (Phi) is 6.16. The van der Waals surface area contributed by atoms with Crippen molar-refractivity contribution in [1.82, 2.24) is 5.32 Å². The van der Waals surface area contributed by atoms with Crippen LogP contribution in [0.4, 0.5) is 0 Å². The van der Waals surface area contributed by atoms with E-state index in [9.17, 15) is 4.79 Å². The van der Waals surface area contributed by atoms with E-state index in [0.29, 0.717) is 12.2 Å². The summed E-state index contributed by atoms with van der Waals surface area (Å²) >= 11 is 3.47. The molecule has 0 saturated carbocycles. The molecule has 2 aromatic rings. The van der Waals surface area contributed by atoms with Gasteiger partial charge >= 0.3 is 5.97 Å². The van der Waals surface area contributed by atoms with E-state index in [0.717, 1.165) is 16.6 Å². The fourth-order valence-corrected chi connectivity index (χ4v) is 2.74. The van der Waals surface area contributed by atoms with E-state index in [1.165, 1.54) is 5.56 Å². The van der Waals surface area contributed by atoms with Crippen molar-refractivity contribution in [2.75, 3.05) is 6.61 Å². The predicted molar refractivity (Wildman–Crippen MR) is 91.8 cm³/mol. The van der Waals surface area contributed by atoms with E-state index < -0.39 is 0 Å². The maximum Gasteiger partial charge on any atom is 0.338 e. The monoisotopic (exact) mass is 361 g/mol. The Hall–Kier alpha value is -1.65. The van der Waals surface area contributed by atoms with Gasteiger partial charge in [-0.15, -0.1) is 0 Å². The highest BCUT2D eigenvalue weighted by Gasteiger charge is 2.16. The first-order valence-electron chi connectivity index (χ1n) is 7.35. The minimum absolute atomic E-state index is 0.0552. The van der Waals surface area contributed by atoms with Gasteiger partial charge in [-0.2, -0.15) is 0 Å². The van der Waals surface area contributed by atoms with Gasteiger partial charge in [0.05, 0.1) is 12.2 Å². The van der Waals surface area contributed by atoms with Crippen LogP contribution in [0.3, 0.4) is 0 Å². The molecule has 0 fully saturated rings. The van der Waals surface area contributed by atoms with Crippen molar-refractivity contribution in [3.63, 3.8) is 0 Å². The summed E-state index contributed by atoms with van der Waals surface area (Å²) in [4.78, 5) is 12.0. The Morgan fingerprint density at radius 2 is 2.00 bits per heavy atom. The van der Waals surface area contributed by atoms with Crippen molar-refractivity contribution >= 4 is 21.9 Å². The van der Waals surface area contributed by atoms with Crippen LogP contribution in [0.25, 0.3) is 0 Å². The molecule has 0 radical (unpaired) electrons. The molecule has 116 valence electrons. The van der Waals surface area contributed by atoms with Gasteiger partial charge in [0.2, 0.25) is 0 Å². The molecule has 1 N–H and O–H groups in total. The number of carbonyl (C=O) groups is 1. The Balaban J connectivity index is 2.09. The molecule has 1 unspecified atom stereocenters. The summed E-state index contributed by atoms with van der Waals surface area (Å²) in [5.41, 5.74) is 2.77. The molecule has 0 aliphatic rings. The Morgan fingerprint density at radius 1 is 1.23 bits per heavy atom. The molecule has 0 amide bonds. The summed E-state index contributed by atoms with van der Waals surface area (Å²) in [6.45, 7) is 4.98. The molecule has 0 saturated heterocycles. The Bertz CT molecular complexity index is 642. The van der Waals surface area contributed by atoms with Crippen LogP contribution in [0.15, 0.2) is 53.0 Å². The second kappa shape index (κ2) is 8.11. The summed E-state index contributed by atoms with van der Waals surface area (Å²) in [6, 6.07) is 15.8. The molecule has 0 aliphatic carbocycles. The standard InChI is InChI=1S/C18H20BrNO2/c1-3-22-18(21)17-10-5-4-9-16(17)13(2)20-12-14-7-6-8-15(19)11-14/h4-11,13,20H,3,12H2,1-2H3. The Morgan fingerprint density at radius 3 is 2.73 bits per heavy atom. The fraction of sp³-hybridized carbons (Fsp3) is 0.278. The van der Waals surface area contributed by atoms with Crippen molar-refractivity contribution < 1.29 is 9.53 Å². The second-order valence-electron chi connectivity index (χ2n) is 5.04. The first-order valence-corrected chi connectivity index (χ1v) is 8.15.